The molecule has 0 saturated heterocycles. The molecule has 0 aromatic carbocycles. The van der Waals surface area contributed by atoms with Crippen LogP contribution in [0.2, 0.25) is 0 Å². The van der Waals surface area contributed by atoms with Crippen molar-refractivity contribution in [3.63, 3.8) is 0 Å². The second-order valence-electron chi connectivity index (χ2n) is 5.31. The highest BCUT2D eigenvalue weighted by Crippen LogP contribution is 2.12. The second kappa shape index (κ2) is 12.9. The zero-order valence-electron chi connectivity index (χ0n) is 12.8. The van der Waals surface area contributed by atoms with Gasteiger partial charge in [-0.3, -0.25) is 4.79 Å². The van der Waals surface area contributed by atoms with Crippen molar-refractivity contribution >= 4 is 5.91 Å². The summed E-state index contributed by atoms with van der Waals surface area (Å²) in [6.45, 7) is 7.40. The largest absolute Gasteiger partial charge is 0.356 e. The molecule has 1 amide bonds. The molecule has 2 heteroatoms. The van der Waals surface area contributed by atoms with Crippen LogP contribution in [0.1, 0.15) is 85.0 Å². The number of unbranched alkanes of at least 4 members (excludes halogenated alkanes) is 6. The molecule has 1 atom stereocenters. The molecule has 108 valence electrons. The van der Waals surface area contributed by atoms with E-state index in [9.17, 15) is 4.79 Å². The number of nitrogens with one attached hydrogen (secondary N) is 1. The maximum atomic E-state index is 11.9. The number of hydrogen-bond donors (Lipinski definition) is 1. The summed E-state index contributed by atoms with van der Waals surface area (Å²) in [5.74, 6) is 0.518. The van der Waals surface area contributed by atoms with Crippen LogP contribution in [0.3, 0.4) is 0 Å². The average Bonchev–Trinajstić information content (AvgIpc) is 2.38. The van der Waals surface area contributed by atoms with Crippen LogP contribution in [0, 0.1) is 5.92 Å². The number of hydrogen-bond acceptors (Lipinski definition) is 1. The number of carbonyl (C=O) groups is 1. The quantitative estimate of drug-likeness (QED) is 0.504. The normalized spacial score (nSPS) is 12.4. The Labute approximate surface area is 114 Å². The molecule has 18 heavy (non-hydrogen) atoms. The molecule has 0 aliphatic rings. The van der Waals surface area contributed by atoms with Crippen LogP contribution < -0.4 is 5.32 Å². The van der Waals surface area contributed by atoms with Crippen molar-refractivity contribution in [1.29, 1.82) is 0 Å². The fourth-order valence-electron chi connectivity index (χ4n) is 2.23. The van der Waals surface area contributed by atoms with Crippen LogP contribution in [0.4, 0.5) is 0 Å². The minimum Gasteiger partial charge on any atom is -0.356 e. The SMILES string of the molecule is CCCCCCCCNC(=O)[C@@H](CC)CCCC. The van der Waals surface area contributed by atoms with Crippen molar-refractivity contribution in [2.24, 2.45) is 5.92 Å². The van der Waals surface area contributed by atoms with E-state index in [1.807, 2.05) is 0 Å². The van der Waals surface area contributed by atoms with Gasteiger partial charge in [0.2, 0.25) is 5.91 Å². The van der Waals surface area contributed by atoms with Gasteiger partial charge in [-0.05, 0) is 19.3 Å². The smallest absolute Gasteiger partial charge is 0.223 e. The molecule has 1 N–H and O–H groups in total. The molecule has 0 rings (SSSR count). The van der Waals surface area contributed by atoms with Crippen LogP contribution in [-0.2, 0) is 4.79 Å². The second-order valence-corrected chi connectivity index (χ2v) is 5.31. The van der Waals surface area contributed by atoms with E-state index in [4.69, 9.17) is 0 Å². The first kappa shape index (κ1) is 17.5. The highest BCUT2D eigenvalue weighted by molar-refractivity contribution is 5.78. The standard InChI is InChI=1S/C16H33NO/c1-4-7-9-10-11-12-14-17-16(18)15(6-3)13-8-5-2/h15H,4-14H2,1-3H3,(H,17,18)/t15-/m0/s1. The molecule has 0 spiro atoms. The molecule has 0 radical (unpaired) electrons. The third-order valence-corrected chi connectivity index (χ3v) is 3.60. The van der Waals surface area contributed by atoms with Gasteiger partial charge in [-0.15, -0.1) is 0 Å². The molecular weight excluding hydrogens is 222 g/mol. The number of rotatable bonds is 12. The molecular formula is C16H33NO. The molecule has 0 unspecified atom stereocenters. The molecule has 0 aromatic heterocycles. The van der Waals surface area contributed by atoms with Crippen LogP contribution in [0.5, 0.6) is 0 Å². The van der Waals surface area contributed by atoms with E-state index < -0.39 is 0 Å². The highest BCUT2D eigenvalue weighted by atomic mass is 16.1. The van der Waals surface area contributed by atoms with E-state index in [0.717, 1.165) is 25.8 Å². The Morgan fingerprint density at radius 3 is 2.11 bits per heavy atom. The van der Waals surface area contributed by atoms with E-state index in [1.165, 1.54) is 44.9 Å². The summed E-state index contributed by atoms with van der Waals surface area (Å²) in [4.78, 5) is 11.9. The Kier molecular flexibility index (Phi) is 12.5. The maximum absolute atomic E-state index is 11.9. The van der Waals surface area contributed by atoms with Gasteiger partial charge in [-0.2, -0.15) is 0 Å². The third kappa shape index (κ3) is 9.49. The van der Waals surface area contributed by atoms with Crippen molar-refractivity contribution in [3.05, 3.63) is 0 Å². The Morgan fingerprint density at radius 2 is 1.50 bits per heavy atom. The van der Waals surface area contributed by atoms with Crippen molar-refractivity contribution in [3.8, 4) is 0 Å². The van der Waals surface area contributed by atoms with Gasteiger partial charge < -0.3 is 5.32 Å². The van der Waals surface area contributed by atoms with Crippen LogP contribution in [0.25, 0.3) is 0 Å². The van der Waals surface area contributed by atoms with Crippen LogP contribution >= 0.6 is 0 Å². The molecule has 0 saturated carbocycles. The lowest BCUT2D eigenvalue weighted by atomic mass is 9.98. The van der Waals surface area contributed by atoms with Gasteiger partial charge in [0.05, 0.1) is 0 Å². The summed E-state index contributed by atoms with van der Waals surface area (Å²) in [7, 11) is 0. The summed E-state index contributed by atoms with van der Waals surface area (Å²) >= 11 is 0. The number of carbonyl (C=O) groups excluding carboxylic acids is 1. The minimum absolute atomic E-state index is 0.241. The summed E-state index contributed by atoms with van der Waals surface area (Å²) in [6.07, 6.45) is 12.1. The monoisotopic (exact) mass is 255 g/mol. The Hall–Kier alpha value is -0.530. The minimum atomic E-state index is 0.241. The van der Waals surface area contributed by atoms with E-state index in [1.54, 1.807) is 0 Å². The topological polar surface area (TPSA) is 29.1 Å². The predicted octanol–water partition coefficient (Wildman–Crippen LogP) is 4.68. The lowest BCUT2D eigenvalue weighted by molar-refractivity contribution is -0.125. The summed E-state index contributed by atoms with van der Waals surface area (Å²) in [5, 5.41) is 3.09. The fraction of sp³-hybridized carbons (Fsp3) is 0.938. The van der Waals surface area contributed by atoms with Crippen molar-refractivity contribution in [2.75, 3.05) is 6.54 Å². The van der Waals surface area contributed by atoms with Gasteiger partial charge in [0.25, 0.3) is 0 Å². The summed E-state index contributed by atoms with van der Waals surface area (Å²) in [6, 6.07) is 0. The van der Waals surface area contributed by atoms with Gasteiger partial charge in [-0.1, -0.05) is 65.7 Å². The summed E-state index contributed by atoms with van der Waals surface area (Å²) in [5.41, 5.74) is 0. The van der Waals surface area contributed by atoms with Gasteiger partial charge in [-0.25, -0.2) is 0 Å². The first-order valence-corrected chi connectivity index (χ1v) is 8.03. The Morgan fingerprint density at radius 1 is 0.889 bits per heavy atom. The van der Waals surface area contributed by atoms with Crippen LogP contribution in [0.15, 0.2) is 0 Å². The van der Waals surface area contributed by atoms with Crippen molar-refractivity contribution < 1.29 is 4.79 Å². The molecule has 0 heterocycles. The van der Waals surface area contributed by atoms with Crippen molar-refractivity contribution in [1.82, 2.24) is 5.32 Å². The predicted molar refractivity (Wildman–Crippen MR) is 79.7 cm³/mol. The number of amides is 1. The lowest BCUT2D eigenvalue weighted by Gasteiger charge is -2.14. The summed E-state index contributed by atoms with van der Waals surface area (Å²) < 4.78 is 0. The molecule has 2 nitrogen and oxygen atoms in total. The Balaban J connectivity index is 3.49. The average molecular weight is 255 g/mol. The van der Waals surface area contributed by atoms with E-state index in [2.05, 4.69) is 26.1 Å². The molecule has 0 fully saturated rings. The molecule has 0 aliphatic heterocycles. The molecule has 0 aromatic rings. The van der Waals surface area contributed by atoms with Gasteiger partial charge in [0.15, 0.2) is 0 Å². The van der Waals surface area contributed by atoms with Crippen LogP contribution in [-0.4, -0.2) is 12.5 Å². The maximum Gasteiger partial charge on any atom is 0.223 e. The van der Waals surface area contributed by atoms with Gasteiger partial charge in [0.1, 0.15) is 0 Å². The third-order valence-electron chi connectivity index (χ3n) is 3.60. The first-order chi connectivity index (χ1) is 8.76. The zero-order chi connectivity index (χ0) is 13.6. The molecule has 0 bridgehead atoms. The lowest BCUT2D eigenvalue weighted by Crippen LogP contribution is -2.31. The van der Waals surface area contributed by atoms with E-state index in [-0.39, 0.29) is 11.8 Å². The first-order valence-electron chi connectivity index (χ1n) is 8.03. The zero-order valence-corrected chi connectivity index (χ0v) is 12.8. The fourth-order valence-corrected chi connectivity index (χ4v) is 2.23. The molecule has 0 aliphatic carbocycles. The van der Waals surface area contributed by atoms with E-state index in [0.29, 0.717) is 0 Å². The highest BCUT2D eigenvalue weighted by Gasteiger charge is 2.14. The Bertz CT molecular complexity index is 192. The van der Waals surface area contributed by atoms with Gasteiger partial charge in [0, 0.05) is 12.5 Å². The van der Waals surface area contributed by atoms with Gasteiger partial charge >= 0.3 is 0 Å². The van der Waals surface area contributed by atoms with E-state index >= 15 is 0 Å². The van der Waals surface area contributed by atoms with Crippen molar-refractivity contribution in [2.45, 2.75) is 85.0 Å².